The summed E-state index contributed by atoms with van der Waals surface area (Å²) in [5.41, 5.74) is 20.4. The summed E-state index contributed by atoms with van der Waals surface area (Å²) >= 11 is 0. The number of furan rings is 1. The van der Waals surface area contributed by atoms with Crippen LogP contribution in [0.3, 0.4) is 0 Å². The fraction of sp³-hybridized carbons (Fsp3) is 0.111. The van der Waals surface area contributed by atoms with Crippen molar-refractivity contribution in [2.24, 2.45) is 0 Å². The lowest BCUT2D eigenvalue weighted by molar-refractivity contribution is 0.660. The van der Waals surface area contributed by atoms with Crippen molar-refractivity contribution in [2.75, 3.05) is 4.90 Å². The molecule has 1 heterocycles. The van der Waals surface area contributed by atoms with Gasteiger partial charge in [0.2, 0.25) is 0 Å². The van der Waals surface area contributed by atoms with Gasteiger partial charge in [0.05, 0.1) is 11.4 Å². The first-order chi connectivity index (χ1) is 27.3. The van der Waals surface area contributed by atoms with E-state index in [-0.39, 0.29) is 10.8 Å². The van der Waals surface area contributed by atoms with Crippen LogP contribution in [0.1, 0.15) is 49.9 Å². The second-order valence-corrected chi connectivity index (χ2v) is 16.4. The number of para-hydroxylation sites is 3. The van der Waals surface area contributed by atoms with E-state index in [2.05, 4.69) is 202 Å². The first-order valence-electron chi connectivity index (χ1n) is 19.7. The van der Waals surface area contributed by atoms with Crippen molar-refractivity contribution in [3.8, 4) is 44.5 Å². The maximum absolute atomic E-state index is 6.65. The third-order valence-electron chi connectivity index (χ3n) is 12.7. The number of fused-ring (bicyclic) bond motifs is 9. The van der Waals surface area contributed by atoms with Crippen molar-refractivity contribution >= 4 is 39.0 Å². The maximum atomic E-state index is 6.65. The van der Waals surface area contributed by atoms with Gasteiger partial charge in [0.1, 0.15) is 11.2 Å². The van der Waals surface area contributed by atoms with Crippen LogP contribution in [-0.4, -0.2) is 0 Å². The standard InChI is InChI=1S/C54H41NO/c1-53(2)43-23-9-5-18-41(43)50-36(20-14-25-45(50)53)34-30-32-35(33-31-34)55(48-28-15-26-46-51(48)42-19-6-10-24-44(42)54(46,3)4)47-27-11-7-16-37(47)39-21-13-22-40-38-17-8-12-29-49(38)56-52(39)40/h5-33H,1-4H3. The molecule has 0 amide bonds. The fourth-order valence-corrected chi connectivity index (χ4v) is 9.97. The van der Waals surface area contributed by atoms with Gasteiger partial charge in [0.15, 0.2) is 0 Å². The highest BCUT2D eigenvalue weighted by Crippen LogP contribution is 2.56. The lowest BCUT2D eigenvalue weighted by Crippen LogP contribution is -2.16. The Morgan fingerprint density at radius 3 is 1.62 bits per heavy atom. The van der Waals surface area contributed by atoms with Crippen molar-refractivity contribution in [3.05, 3.63) is 198 Å². The molecule has 56 heavy (non-hydrogen) atoms. The Morgan fingerprint density at radius 1 is 0.375 bits per heavy atom. The minimum absolute atomic E-state index is 0.0527. The average molecular weight is 720 g/mol. The molecule has 0 unspecified atom stereocenters. The number of benzene rings is 8. The molecule has 2 heteroatoms. The second-order valence-electron chi connectivity index (χ2n) is 16.4. The van der Waals surface area contributed by atoms with Crippen LogP contribution >= 0.6 is 0 Å². The first kappa shape index (κ1) is 32.8. The van der Waals surface area contributed by atoms with Gasteiger partial charge in [-0.25, -0.2) is 0 Å². The first-order valence-corrected chi connectivity index (χ1v) is 19.7. The second kappa shape index (κ2) is 11.9. The molecule has 2 nitrogen and oxygen atoms in total. The van der Waals surface area contributed by atoms with E-state index in [1.165, 1.54) is 55.6 Å². The molecule has 8 aromatic carbocycles. The van der Waals surface area contributed by atoms with Crippen LogP contribution in [0.15, 0.2) is 180 Å². The largest absolute Gasteiger partial charge is 0.455 e. The Morgan fingerprint density at radius 2 is 0.875 bits per heavy atom. The predicted molar refractivity (Wildman–Crippen MR) is 234 cm³/mol. The summed E-state index contributed by atoms with van der Waals surface area (Å²) in [6.45, 7) is 9.41. The van der Waals surface area contributed by atoms with Crippen LogP contribution in [-0.2, 0) is 10.8 Å². The Hall–Kier alpha value is -6.64. The molecule has 0 bridgehead atoms. The van der Waals surface area contributed by atoms with Crippen molar-refractivity contribution in [3.63, 3.8) is 0 Å². The van der Waals surface area contributed by atoms with Crippen LogP contribution < -0.4 is 4.90 Å². The summed E-state index contributed by atoms with van der Waals surface area (Å²) in [5, 5.41) is 2.26. The molecule has 0 radical (unpaired) electrons. The molecule has 1 aromatic heterocycles. The summed E-state index contributed by atoms with van der Waals surface area (Å²) < 4.78 is 6.65. The minimum Gasteiger partial charge on any atom is -0.455 e. The van der Waals surface area contributed by atoms with Crippen molar-refractivity contribution in [1.82, 2.24) is 0 Å². The number of nitrogens with zero attached hydrogens (tertiary/aromatic N) is 1. The normalized spacial score (nSPS) is 14.4. The number of anilines is 3. The monoisotopic (exact) mass is 719 g/mol. The van der Waals surface area contributed by atoms with Gasteiger partial charge in [0, 0.05) is 44.0 Å². The zero-order valence-corrected chi connectivity index (χ0v) is 32.1. The van der Waals surface area contributed by atoms with Crippen molar-refractivity contribution < 1.29 is 4.42 Å². The van der Waals surface area contributed by atoms with Crippen LogP contribution in [0.5, 0.6) is 0 Å². The van der Waals surface area contributed by atoms with Gasteiger partial charge in [-0.3, -0.25) is 0 Å². The van der Waals surface area contributed by atoms with E-state index >= 15 is 0 Å². The van der Waals surface area contributed by atoms with Gasteiger partial charge in [-0.2, -0.15) is 0 Å². The smallest absolute Gasteiger partial charge is 0.143 e. The van der Waals surface area contributed by atoms with Crippen molar-refractivity contribution in [1.29, 1.82) is 0 Å². The van der Waals surface area contributed by atoms with E-state index in [1.54, 1.807) is 0 Å². The zero-order chi connectivity index (χ0) is 37.8. The van der Waals surface area contributed by atoms with Crippen LogP contribution in [0.4, 0.5) is 17.1 Å². The lowest BCUT2D eigenvalue weighted by atomic mass is 9.82. The summed E-state index contributed by atoms with van der Waals surface area (Å²) in [7, 11) is 0. The van der Waals surface area contributed by atoms with Crippen molar-refractivity contribution in [2.45, 2.75) is 38.5 Å². The van der Waals surface area contributed by atoms with Gasteiger partial charge >= 0.3 is 0 Å². The third kappa shape index (κ3) is 4.56. The number of rotatable bonds is 5. The molecule has 0 N–H and O–H groups in total. The van der Waals surface area contributed by atoms with Gasteiger partial charge < -0.3 is 9.32 Å². The van der Waals surface area contributed by atoms with E-state index < -0.39 is 0 Å². The molecule has 2 aliphatic carbocycles. The minimum atomic E-state index is -0.130. The summed E-state index contributed by atoms with van der Waals surface area (Å²) in [5.74, 6) is 0. The van der Waals surface area contributed by atoms with E-state index in [1.807, 2.05) is 6.07 Å². The Balaban J connectivity index is 1.14. The molecule has 0 fully saturated rings. The molecule has 268 valence electrons. The summed E-state index contributed by atoms with van der Waals surface area (Å²) in [6.07, 6.45) is 0. The van der Waals surface area contributed by atoms with E-state index in [0.29, 0.717) is 0 Å². The Kier molecular flexibility index (Phi) is 6.98. The Bertz CT molecular complexity index is 3030. The maximum Gasteiger partial charge on any atom is 0.143 e. The highest BCUT2D eigenvalue weighted by atomic mass is 16.3. The summed E-state index contributed by atoms with van der Waals surface area (Å²) in [6, 6.07) is 64.5. The predicted octanol–water partition coefficient (Wildman–Crippen LogP) is 15.0. The van der Waals surface area contributed by atoms with E-state index in [9.17, 15) is 0 Å². The molecule has 0 saturated carbocycles. The number of hydrogen-bond donors (Lipinski definition) is 0. The molecule has 0 atom stereocenters. The highest BCUT2D eigenvalue weighted by Gasteiger charge is 2.39. The molecule has 0 spiro atoms. The van der Waals surface area contributed by atoms with Gasteiger partial charge in [-0.15, -0.1) is 0 Å². The van der Waals surface area contributed by atoms with Crippen LogP contribution in [0.2, 0.25) is 0 Å². The van der Waals surface area contributed by atoms with E-state index in [4.69, 9.17) is 4.42 Å². The molecule has 0 aliphatic heterocycles. The lowest BCUT2D eigenvalue weighted by Gasteiger charge is -2.30. The molecule has 11 rings (SSSR count). The van der Waals surface area contributed by atoms with E-state index in [0.717, 1.165) is 50.1 Å². The van der Waals surface area contributed by atoms with Crippen LogP contribution in [0, 0.1) is 0 Å². The number of hydrogen-bond acceptors (Lipinski definition) is 2. The molecule has 9 aromatic rings. The SMILES string of the molecule is CC1(C)c2ccccc2-c2c(-c3ccc(N(c4ccccc4-c4cccc5c4oc4ccccc45)c4cccc5c4-c4ccccc4C5(C)C)cc3)cccc21. The molecule has 2 aliphatic rings. The Labute approximate surface area is 328 Å². The van der Waals surface area contributed by atoms with Gasteiger partial charge in [0.25, 0.3) is 0 Å². The highest BCUT2D eigenvalue weighted by molar-refractivity contribution is 6.11. The summed E-state index contributed by atoms with van der Waals surface area (Å²) in [4.78, 5) is 2.48. The third-order valence-corrected chi connectivity index (χ3v) is 12.7. The molecule has 0 saturated heterocycles. The van der Waals surface area contributed by atoms with Crippen LogP contribution in [0.25, 0.3) is 66.4 Å². The average Bonchev–Trinajstić information content (AvgIpc) is 3.82. The fourth-order valence-electron chi connectivity index (χ4n) is 9.97. The zero-order valence-electron chi connectivity index (χ0n) is 32.1. The molecular formula is C54H41NO. The topological polar surface area (TPSA) is 16.4 Å². The van der Waals surface area contributed by atoms with Gasteiger partial charge in [-0.05, 0) is 80.4 Å². The van der Waals surface area contributed by atoms with Gasteiger partial charge in [-0.1, -0.05) is 173 Å². The quantitative estimate of drug-likeness (QED) is 0.176. The molecular weight excluding hydrogens is 679 g/mol.